The Morgan fingerprint density at radius 2 is 1.64 bits per heavy atom. The molecule has 0 radical (unpaired) electrons. The lowest BCUT2D eigenvalue weighted by Crippen LogP contribution is -1.94. The van der Waals surface area contributed by atoms with Gasteiger partial charge in [0.1, 0.15) is 5.75 Å². The fourth-order valence-electron chi connectivity index (χ4n) is 3.28. The number of methoxy groups -OCH3 is 3. The Labute approximate surface area is 146 Å². The van der Waals surface area contributed by atoms with E-state index in [0.717, 1.165) is 51.8 Å². The van der Waals surface area contributed by atoms with Crippen molar-refractivity contribution in [3.63, 3.8) is 0 Å². The minimum Gasteiger partial charge on any atom is -0.497 e. The summed E-state index contributed by atoms with van der Waals surface area (Å²) in [7, 11) is 4.98. The Bertz CT molecular complexity index is 955. The van der Waals surface area contributed by atoms with Crippen molar-refractivity contribution in [3.8, 4) is 17.2 Å². The molecule has 0 fully saturated rings. The number of nitrogens with zero attached hydrogens (tertiary/aromatic N) is 1. The van der Waals surface area contributed by atoms with E-state index < -0.39 is 0 Å². The normalized spacial score (nSPS) is 12.3. The molecule has 5 nitrogen and oxygen atoms in total. The van der Waals surface area contributed by atoms with Crippen LogP contribution < -0.4 is 19.5 Å². The van der Waals surface area contributed by atoms with Gasteiger partial charge in [-0.25, -0.2) is 0 Å². The molecular formula is C20H20N2O3. The number of hydrogen-bond acceptors (Lipinski definition) is 4. The van der Waals surface area contributed by atoms with Crippen LogP contribution in [0.15, 0.2) is 42.5 Å². The third kappa shape index (κ3) is 2.48. The van der Waals surface area contributed by atoms with Gasteiger partial charge in [0.05, 0.1) is 38.2 Å². The maximum Gasteiger partial charge on any atom is 0.162 e. The highest BCUT2D eigenvalue weighted by molar-refractivity contribution is 6.02. The van der Waals surface area contributed by atoms with E-state index >= 15 is 0 Å². The molecule has 2 aromatic carbocycles. The van der Waals surface area contributed by atoms with Crippen molar-refractivity contribution in [1.29, 1.82) is 0 Å². The molecule has 0 saturated heterocycles. The second-order valence-electron chi connectivity index (χ2n) is 5.85. The first-order valence-corrected chi connectivity index (χ1v) is 8.11. The number of rotatable bonds is 5. The molecular weight excluding hydrogens is 316 g/mol. The lowest BCUT2D eigenvalue weighted by atomic mass is 10.1. The molecule has 0 spiro atoms. The molecule has 1 aromatic heterocycles. The lowest BCUT2D eigenvalue weighted by molar-refractivity contribution is 0.355. The molecule has 5 heteroatoms. The van der Waals surface area contributed by atoms with E-state index in [-0.39, 0.29) is 0 Å². The Kier molecular flexibility index (Phi) is 3.76. The summed E-state index contributed by atoms with van der Waals surface area (Å²) in [5.74, 6) is 2.29. The quantitative estimate of drug-likeness (QED) is 0.748. The maximum absolute atomic E-state index is 5.48. The summed E-state index contributed by atoms with van der Waals surface area (Å²) in [6, 6.07) is 12.0. The predicted molar refractivity (Wildman–Crippen MR) is 100 cm³/mol. The Balaban J connectivity index is 1.85. The summed E-state index contributed by atoms with van der Waals surface area (Å²) in [6.07, 6.45) is 4.30. The van der Waals surface area contributed by atoms with Crippen LogP contribution in [0.4, 0.5) is 11.4 Å². The number of aromatic nitrogens is 1. The second-order valence-corrected chi connectivity index (χ2v) is 5.85. The minimum absolute atomic E-state index is 0.723. The standard InChI is InChI=1S/C20H20N2O3/c1-23-14-8-6-13(7-9-14)21-20-15-11-18(24-2)19(25-3)12-17(15)22-10-4-5-16(20)22/h4-9,11-12,21H,10H2,1-3H3. The summed E-state index contributed by atoms with van der Waals surface area (Å²) in [4.78, 5) is 0. The molecule has 0 saturated carbocycles. The first kappa shape index (κ1) is 15.4. The molecule has 0 bridgehead atoms. The van der Waals surface area contributed by atoms with Crippen molar-refractivity contribution in [3.05, 3.63) is 48.2 Å². The summed E-state index contributed by atoms with van der Waals surface area (Å²) in [5.41, 5.74) is 4.34. The monoisotopic (exact) mass is 336 g/mol. The van der Waals surface area contributed by atoms with E-state index in [2.05, 4.69) is 22.0 Å². The van der Waals surface area contributed by atoms with Crippen LogP contribution in [-0.2, 0) is 6.54 Å². The largest absolute Gasteiger partial charge is 0.497 e. The van der Waals surface area contributed by atoms with Crippen LogP contribution in [-0.4, -0.2) is 25.9 Å². The van der Waals surface area contributed by atoms with E-state index in [9.17, 15) is 0 Å². The van der Waals surface area contributed by atoms with E-state index in [4.69, 9.17) is 14.2 Å². The van der Waals surface area contributed by atoms with Crippen molar-refractivity contribution >= 4 is 28.4 Å². The SMILES string of the molecule is COc1ccc(Nc2c3n(c4cc(OC)c(OC)cc24)CC=C3)cc1. The smallest absolute Gasteiger partial charge is 0.162 e. The van der Waals surface area contributed by atoms with Crippen LogP contribution in [0.2, 0.25) is 0 Å². The molecule has 2 heterocycles. The summed E-state index contributed by atoms with van der Waals surface area (Å²) in [5, 5.41) is 4.65. The fourth-order valence-corrected chi connectivity index (χ4v) is 3.28. The zero-order chi connectivity index (χ0) is 17.4. The van der Waals surface area contributed by atoms with Crippen LogP contribution >= 0.6 is 0 Å². The molecule has 1 aliphatic heterocycles. The van der Waals surface area contributed by atoms with Crippen molar-refractivity contribution < 1.29 is 14.2 Å². The molecule has 25 heavy (non-hydrogen) atoms. The van der Waals surface area contributed by atoms with Gasteiger partial charge in [0.15, 0.2) is 11.5 Å². The van der Waals surface area contributed by atoms with E-state index in [0.29, 0.717) is 0 Å². The highest BCUT2D eigenvalue weighted by atomic mass is 16.5. The fraction of sp³-hybridized carbons (Fsp3) is 0.200. The second kappa shape index (κ2) is 6.09. The van der Waals surface area contributed by atoms with Gasteiger partial charge in [-0.2, -0.15) is 0 Å². The van der Waals surface area contributed by atoms with Crippen LogP contribution in [0.1, 0.15) is 5.69 Å². The molecule has 4 rings (SSSR count). The summed E-state index contributed by atoms with van der Waals surface area (Å²) >= 11 is 0. The number of fused-ring (bicyclic) bond motifs is 3. The van der Waals surface area contributed by atoms with Gasteiger partial charge < -0.3 is 24.1 Å². The van der Waals surface area contributed by atoms with E-state index in [1.165, 1.54) is 0 Å². The van der Waals surface area contributed by atoms with Gasteiger partial charge in [-0.05, 0) is 36.4 Å². The number of ether oxygens (including phenoxy) is 3. The number of hydrogen-bond donors (Lipinski definition) is 1. The first-order valence-electron chi connectivity index (χ1n) is 8.11. The average Bonchev–Trinajstić information content (AvgIpc) is 3.24. The molecule has 1 aliphatic rings. The Morgan fingerprint density at radius 1 is 0.920 bits per heavy atom. The molecule has 0 unspecified atom stereocenters. The number of anilines is 2. The van der Waals surface area contributed by atoms with Crippen LogP contribution in [0.3, 0.4) is 0 Å². The van der Waals surface area contributed by atoms with Gasteiger partial charge in [-0.15, -0.1) is 0 Å². The van der Waals surface area contributed by atoms with Crippen molar-refractivity contribution in [1.82, 2.24) is 4.57 Å². The molecule has 0 amide bonds. The zero-order valence-corrected chi connectivity index (χ0v) is 14.5. The van der Waals surface area contributed by atoms with Crippen LogP contribution in [0, 0.1) is 0 Å². The summed E-state index contributed by atoms with van der Waals surface area (Å²) in [6.45, 7) is 0.853. The Hall–Kier alpha value is -3.08. The summed E-state index contributed by atoms with van der Waals surface area (Å²) < 4.78 is 18.4. The third-order valence-corrected chi connectivity index (χ3v) is 4.53. The zero-order valence-electron chi connectivity index (χ0n) is 14.5. The van der Waals surface area contributed by atoms with Gasteiger partial charge in [-0.3, -0.25) is 0 Å². The van der Waals surface area contributed by atoms with Gasteiger partial charge in [-0.1, -0.05) is 6.08 Å². The highest BCUT2D eigenvalue weighted by Gasteiger charge is 2.20. The number of benzene rings is 2. The van der Waals surface area contributed by atoms with Crippen molar-refractivity contribution in [2.24, 2.45) is 0 Å². The highest BCUT2D eigenvalue weighted by Crippen LogP contribution is 2.42. The Morgan fingerprint density at radius 3 is 2.32 bits per heavy atom. The average molecular weight is 336 g/mol. The van der Waals surface area contributed by atoms with E-state index in [1.807, 2.05) is 36.4 Å². The van der Waals surface area contributed by atoms with Crippen LogP contribution in [0.5, 0.6) is 17.2 Å². The number of nitrogens with one attached hydrogen (secondary N) is 1. The lowest BCUT2D eigenvalue weighted by Gasteiger charge is -2.10. The molecule has 1 N–H and O–H groups in total. The van der Waals surface area contributed by atoms with Crippen molar-refractivity contribution in [2.45, 2.75) is 6.54 Å². The maximum atomic E-state index is 5.48. The molecule has 0 aliphatic carbocycles. The number of allylic oxidation sites excluding steroid dienone is 1. The van der Waals surface area contributed by atoms with E-state index in [1.54, 1.807) is 21.3 Å². The van der Waals surface area contributed by atoms with Gasteiger partial charge in [0.25, 0.3) is 0 Å². The molecule has 128 valence electrons. The van der Waals surface area contributed by atoms with Gasteiger partial charge in [0, 0.05) is 23.7 Å². The van der Waals surface area contributed by atoms with Crippen LogP contribution in [0.25, 0.3) is 17.0 Å². The van der Waals surface area contributed by atoms with Gasteiger partial charge in [0.2, 0.25) is 0 Å². The molecule has 3 aromatic rings. The first-order chi connectivity index (χ1) is 12.2. The van der Waals surface area contributed by atoms with Crippen molar-refractivity contribution in [2.75, 3.05) is 26.6 Å². The van der Waals surface area contributed by atoms with Gasteiger partial charge >= 0.3 is 0 Å². The predicted octanol–water partition coefficient (Wildman–Crippen LogP) is 4.44. The topological polar surface area (TPSA) is 44.7 Å². The minimum atomic E-state index is 0.723. The molecule has 0 atom stereocenters. The third-order valence-electron chi connectivity index (χ3n) is 4.53.